The Hall–Kier alpha value is -2.73. The van der Waals surface area contributed by atoms with Gasteiger partial charge in [0.2, 0.25) is 11.8 Å². The highest BCUT2D eigenvalue weighted by molar-refractivity contribution is 5.89. The van der Waals surface area contributed by atoms with Crippen molar-refractivity contribution in [2.24, 2.45) is 0 Å². The Labute approximate surface area is 166 Å². The van der Waals surface area contributed by atoms with Gasteiger partial charge in [-0.1, -0.05) is 36.4 Å². The van der Waals surface area contributed by atoms with E-state index in [9.17, 15) is 9.59 Å². The molecule has 148 valence electrons. The first-order valence-corrected chi connectivity index (χ1v) is 9.78. The monoisotopic (exact) mass is 380 g/mol. The summed E-state index contributed by atoms with van der Waals surface area (Å²) in [6.07, 6.45) is 3.67. The molecule has 2 amide bonds. The van der Waals surface area contributed by atoms with Crippen LogP contribution in [-0.2, 0) is 22.7 Å². The molecule has 6 heteroatoms. The van der Waals surface area contributed by atoms with E-state index in [1.165, 1.54) is 0 Å². The van der Waals surface area contributed by atoms with E-state index in [0.717, 1.165) is 17.7 Å². The zero-order chi connectivity index (χ0) is 19.9. The van der Waals surface area contributed by atoms with Crippen LogP contribution in [0.4, 0.5) is 0 Å². The molecule has 28 heavy (non-hydrogen) atoms. The number of nitrogens with one attached hydrogen (secondary N) is 1. The Balaban J connectivity index is 1.71. The molecule has 1 aliphatic rings. The quantitative estimate of drug-likeness (QED) is 0.800. The minimum Gasteiger partial charge on any atom is -0.353 e. The van der Waals surface area contributed by atoms with E-state index in [4.69, 9.17) is 0 Å². The Morgan fingerprint density at radius 1 is 1.21 bits per heavy atom. The summed E-state index contributed by atoms with van der Waals surface area (Å²) in [6.45, 7) is 6.50. The Kier molecular flexibility index (Phi) is 6.76. The first-order valence-electron chi connectivity index (χ1n) is 9.78. The van der Waals surface area contributed by atoms with Crippen molar-refractivity contribution in [3.8, 4) is 0 Å². The molecule has 0 aliphatic carbocycles. The van der Waals surface area contributed by atoms with E-state index < -0.39 is 6.04 Å². The van der Waals surface area contributed by atoms with E-state index in [0.29, 0.717) is 19.6 Å². The van der Waals surface area contributed by atoms with Crippen LogP contribution in [0.5, 0.6) is 0 Å². The van der Waals surface area contributed by atoms with Gasteiger partial charge in [-0.05, 0) is 31.0 Å². The number of benzene rings is 1. The van der Waals surface area contributed by atoms with Crippen LogP contribution in [0.2, 0.25) is 0 Å². The maximum absolute atomic E-state index is 13.1. The normalized spacial score (nSPS) is 17.4. The molecule has 1 fully saturated rings. The molecule has 0 bridgehead atoms. The van der Waals surface area contributed by atoms with Crippen LogP contribution in [0.1, 0.15) is 31.4 Å². The number of carbonyl (C=O) groups excluding carboxylic acids is 2. The van der Waals surface area contributed by atoms with Gasteiger partial charge in [0.25, 0.3) is 0 Å². The number of aromatic nitrogens is 1. The van der Waals surface area contributed by atoms with Crippen LogP contribution < -0.4 is 5.32 Å². The van der Waals surface area contributed by atoms with Crippen LogP contribution in [0.3, 0.4) is 0 Å². The Morgan fingerprint density at radius 3 is 2.64 bits per heavy atom. The summed E-state index contributed by atoms with van der Waals surface area (Å²) in [7, 11) is 0. The third-order valence-corrected chi connectivity index (χ3v) is 5.06. The molecule has 2 aromatic rings. The zero-order valence-corrected chi connectivity index (χ0v) is 16.5. The zero-order valence-electron chi connectivity index (χ0n) is 16.5. The average molecular weight is 380 g/mol. The van der Waals surface area contributed by atoms with Crippen molar-refractivity contribution in [3.63, 3.8) is 0 Å². The first-order chi connectivity index (χ1) is 13.5. The molecule has 1 atom stereocenters. The summed E-state index contributed by atoms with van der Waals surface area (Å²) in [6, 6.07) is 13.5. The highest BCUT2D eigenvalue weighted by Crippen LogP contribution is 2.17. The topological polar surface area (TPSA) is 65.5 Å². The minimum atomic E-state index is -0.448. The number of hydrogen-bond donors (Lipinski definition) is 1. The lowest BCUT2D eigenvalue weighted by Crippen LogP contribution is -2.56. The summed E-state index contributed by atoms with van der Waals surface area (Å²) in [5, 5.41) is 2.91. The van der Waals surface area contributed by atoms with Gasteiger partial charge in [-0.25, -0.2) is 0 Å². The molecule has 1 saturated heterocycles. The molecule has 1 aromatic carbocycles. The van der Waals surface area contributed by atoms with Crippen LogP contribution in [0.25, 0.3) is 0 Å². The second-order valence-electron chi connectivity index (χ2n) is 7.44. The van der Waals surface area contributed by atoms with Gasteiger partial charge in [-0.3, -0.25) is 19.5 Å². The second kappa shape index (κ2) is 9.46. The molecule has 6 nitrogen and oxygen atoms in total. The third-order valence-electron chi connectivity index (χ3n) is 5.06. The molecular weight excluding hydrogens is 352 g/mol. The Morgan fingerprint density at radius 2 is 1.96 bits per heavy atom. The summed E-state index contributed by atoms with van der Waals surface area (Å²) < 4.78 is 0. The van der Waals surface area contributed by atoms with Crippen molar-refractivity contribution < 1.29 is 9.59 Å². The average Bonchev–Trinajstić information content (AvgIpc) is 2.70. The predicted molar refractivity (Wildman–Crippen MR) is 108 cm³/mol. The van der Waals surface area contributed by atoms with Gasteiger partial charge in [0.15, 0.2) is 0 Å². The molecule has 1 aromatic heterocycles. The largest absolute Gasteiger partial charge is 0.353 e. The van der Waals surface area contributed by atoms with Crippen molar-refractivity contribution >= 4 is 11.8 Å². The van der Waals surface area contributed by atoms with Crippen LogP contribution in [-0.4, -0.2) is 51.8 Å². The van der Waals surface area contributed by atoms with Gasteiger partial charge in [0.05, 0.1) is 12.5 Å². The van der Waals surface area contributed by atoms with Crippen LogP contribution >= 0.6 is 0 Å². The molecule has 1 N–H and O–H groups in total. The number of hydrogen-bond acceptors (Lipinski definition) is 4. The van der Waals surface area contributed by atoms with E-state index in [-0.39, 0.29) is 24.3 Å². The van der Waals surface area contributed by atoms with Gasteiger partial charge >= 0.3 is 0 Å². The van der Waals surface area contributed by atoms with Crippen molar-refractivity contribution in [2.75, 3.05) is 13.1 Å². The summed E-state index contributed by atoms with van der Waals surface area (Å²) >= 11 is 0. The molecule has 1 aliphatic heterocycles. The molecule has 0 saturated carbocycles. The van der Waals surface area contributed by atoms with Crippen molar-refractivity contribution in [2.45, 2.75) is 45.4 Å². The number of rotatable bonds is 7. The molecule has 0 unspecified atom stereocenters. The highest BCUT2D eigenvalue weighted by Gasteiger charge is 2.33. The van der Waals surface area contributed by atoms with Crippen molar-refractivity contribution in [3.05, 3.63) is 66.0 Å². The molecule has 0 spiro atoms. The van der Waals surface area contributed by atoms with Gasteiger partial charge in [-0.15, -0.1) is 0 Å². The lowest BCUT2D eigenvalue weighted by atomic mass is 10.1. The summed E-state index contributed by atoms with van der Waals surface area (Å²) in [5.74, 6) is -0.0837. The molecule has 2 heterocycles. The van der Waals surface area contributed by atoms with E-state index in [2.05, 4.69) is 15.2 Å². The maximum Gasteiger partial charge on any atom is 0.237 e. The van der Waals surface area contributed by atoms with E-state index in [1.807, 2.05) is 61.2 Å². The highest BCUT2D eigenvalue weighted by atomic mass is 16.2. The summed E-state index contributed by atoms with van der Waals surface area (Å²) in [5.41, 5.74) is 2.13. The lowest BCUT2D eigenvalue weighted by molar-refractivity contribution is -0.140. The van der Waals surface area contributed by atoms with Crippen molar-refractivity contribution in [1.82, 2.24) is 20.1 Å². The smallest absolute Gasteiger partial charge is 0.237 e. The van der Waals surface area contributed by atoms with E-state index >= 15 is 0 Å². The number of nitrogens with zero attached hydrogens (tertiary/aromatic N) is 3. The van der Waals surface area contributed by atoms with Crippen LogP contribution in [0.15, 0.2) is 54.9 Å². The van der Waals surface area contributed by atoms with E-state index in [1.54, 1.807) is 12.4 Å². The number of pyridine rings is 1. The molecular formula is C22H28N4O2. The van der Waals surface area contributed by atoms with Gasteiger partial charge in [0, 0.05) is 44.6 Å². The van der Waals surface area contributed by atoms with Gasteiger partial charge < -0.3 is 10.2 Å². The van der Waals surface area contributed by atoms with Crippen LogP contribution in [0, 0.1) is 0 Å². The molecule has 3 rings (SSSR count). The SMILES string of the molecule is CC(C)N(Cc1cccnc1)C(=O)C[C@H]1C(=O)NCCN1Cc1ccccc1. The standard InChI is InChI=1S/C22H28N4O2/c1-17(2)26(16-19-9-6-10-23-14-19)21(27)13-20-22(28)24-11-12-25(20)15-18-7-4-3-5-8-18/h3-10,14,17,20H,11-13,15-16H2,1-2H3,(H,24,28)/t20-/m0/s1. The number of carbonyl (C=O) groups is 2. The fourth-order valence-electron chi connectivity index (χ4n) is 3.52. The third kappa shape index (κ3) is 5.16. The van der Waals surface area contributed by atoms with Gasteiger partial charge in [0.1, 0.15) is 0 Å². The number of piperazine rings is 1. The lowest BCUT2D eigenvalue weighted by Gasteiger charge is -2.36. The second-order valence-corrected chi connectivity index (χ2v) is 7.44. The predicted octanol–water partition coefficient (Wildman–Crippen LogP) is 2.21. The fraction of sp³-hybridized carbons (Fsp3) is 0.409. The molecule has 0 radical (unpaired) electrons. The minimum absolute atomic E-state index is 0.0148. The Bertz CT molecular complexity index is 780. The number of amides is 2. The fourth-order valence-corrected chi connectivity index (χ4v) is 3.52. The first kappa shape index (κ1) is 20.0. The van der Waals surface area contributed by atoms with Gasteiger partial charge in [-0.2, -0.15) is 0 Å². The van der Waals surface area contributed by atoms with Crippen molar-refractivity contribution in [1.29, 1.82) is 0 Å². The maximum atomic E-state index is 13.1. The summed E-state index contributed by atoms with van der Waals surface area (Å²) in [4.78, 5) is 33.7.